The summed E-state index contributed by atoms with van der Waals surface area (Å²) in [5.74, 6) is 0.564. The number of esters is 1. The van der Waals surface area contributed by atoms with E-state index in [1.54, 1.807) is 7.11 Å². The van der Waals surface area contributed by atoms with Crippen molar-refractivity contribution in [2.24, 2.45) is 0 Å². The van der Waals surface area contributed by atoms with Crippen LogP contribution in [0.3, 0.4) is 0 Å². The first kappa shape index (κ1) is 14.5. The smallest absolute Gasteiger partial charge is 0.320 e. The molecule has 100 valence electrons. The summed E-state index contributed by atoms with van der Waals surface area (Å²) < 4.78 is 10.2. The van der Waals surface area contributed by atoms with Crippen molar-refractivity contribution in [1.29, 1.82) is 0 Å². The molecule has 4 nitrogen and oxygen atoms in total. The Labute approximate surface area is 108 Å². The molecule has 0 radical (unpaired) electrons. The molecule has 4 heteroatoms. The molecule has 0 aliphatic heterocycles. The van der Waals surface area contributed by atoms with Gasteiger partial charge in [-0.15, -0.1) is 0 Å². The third-order valence-corrected chi connectivity index (χ3v) is 2.77. The van der Waals surface area contributed by atoms with Gasteiger partial charge >= 0.3 is 5.97 Å². The second-order valence-electron chi connectivity index (χ2n) is 4.20. The van der Waals surface area contributed by atoms with Crippen LogP contribution in [0.25, 0.3) is 0 Å². The van der Waals surface area contributed by atoms with E-state index in [-0.39, 0.29) is 12.5 Å². The molecular weight excluding hydrogens is 230 g/mol. The van der Waals surface area contributed by atoms with E-state index in [9.17, 15) is 4.79 Å². The fraction of sp³-hybridized carbons (Fsp3) is 0.500. The van der Waals surface area contributed by atoms with Gasteiger partial charge in [0.2, 0.25) is 0 Å². The van der Waals surface area contributed by atoms with Gasteiger partial charge in [0.1, 0.15) is 12.4 Å². The van der Waals surface area contributed by atoms with E-state index in [2.05, 4.69) is 12.2 Å². The lowest BCUT2D eigenvalue weighted by Crippen LogP contribution is -2.31. The van der Waals surface area contributed by atoms with Crippen molar-refractivity contribution < 1.29 is 14.3 Å². The van der Waals surface area contributed by atoms with Gasteiger partial charge in [-0.2, -0.15) is 0 Å². The molecule has 0 amide bonds. The molecule has 1 aromatic rings. The summed E-state index contributed by atoms with van der Waals surface area (Å²) in [5.41, 5.74) is 0.952. The molecule has 0 aromatic heterocycles. The normalized spacial score (nSPS) is 11.9. The molecule has 0 aliphatic rings. The Bertz CT molecular complexity index is 362. The first-order chi connectivity index (χ1) is 8.65. The largest absolute Gasteiger partial charge is 0.497 e. The van der Waals surface area contributed by atoms with E-state index in [1.165, 1.54) is 0 Å². The summed E-state index contributed by atoms with van der Waals surface area (Å²) in [5, 5.41) is 3.09. The lowest BCUT2D eigenvalue weighted by Gasteiger charge is -2.11. The third-order valence-electron chi connectivity index (χ3n) is 2.77. The SMILES string of the molecule is CCC(C)NCC(=O)OCc1ccc(OC)cc1. The predicted octanol–water partition coefficient (Wildman–Crippen LogP) is 2.13. The zero-order valence-corrected chi connectivity index (χ0v) is 11.2. The number of methoxy groups -OCH3 is 1. The predicted molar refractivity (Wildman–Crippen MR) is 70.5 cm³/mol. The van der Waals surface area contributed by atoms with E-state index in [1.807, 2.05) is 31.2 Å². The Morgan fingerprint density at radius 3 is 2.56 bits per heavy atom. The van der Waals surface area contributed by atoms with Gasteiger partial charge in [-0.05, 0) is 31.0 Å². The second kappa shape index (κ2) is 7.71. The summed E-state index contributed by atoms with van der Waals surface area (Å²) in [6.07, 6.45) is 0.992. The Hall–Kier alpha value is -1.55. The number of ether oxygens (including phenoxy) is 2. The van der Waals surface area contributed by atoms with Gasteiger partial charge in [-0.25, -0.2) is 0 Å². The first-order valence-electron chi connectivity index (χ1n) is 6.17. The molecule has 0 saturated heterocycles. The van der Waals surface area contributed by atoms with Crippen molar-refractivity contribution in [1.82, 2.24) is 5.32 Å². The molecule has 1 aromatic carbocycles. The van der Waals surface area contributed by atoms with Crippen LogP contribution in [0.2, 0.25) is 0 Å². The Morgan fingerprint density at radius 2 is 2.00 bits per heavy atom. The van der Waals surface area contributed by atoms with Gasteiger partial charge in [0.15, 0.2) is 0 Å². The quantitative estimate of drug-likeness (QED) is 0.754. The molecule has 1 unspecified atom stereocenters. The third kappa shape index (κ3) is 5.19. The maximum atomic E-state index is 11.5. The van der Waals surface area contributed by atoms with Crippen LogP contribution >= 0.6 is 0 Å². The summed E-state index contributed by atoms with van der Waals surface area (Å²) in [6, 6.07) is 7.79. The van der Waals surface area contributed by atoms with Gasteiger partial charge in [-0.1, -0.05) is 19.1 Å². The minimum absolute atomic E-state index is 0.230. The zero-order chi connectivity index (χ0) is 13.4. The highest BCUT2D eigenvalue weighted by molar-refractivity contribution is 5.71. The monoisotopic (exact) mass is 251 g/mol. The van der Waals surface area contributed by atoms with Crippen molar-refractivity contribution in [3.8, 4) is 5.75 Å². The fourth-order valence-corrected chi connectivity index (χ4v) is 1.34. The zero-order valence-electron chi connectivity index (χ0n) is 11.2. The standard InChI is InChI=1S/C14H21NO3/c1-4-11(2)15-9-14(16)18-10-12-5-7-13(17-3)8-6-12/h5-8,11,15H,4,9-10H2,1-3H3. The van der Waals surface area contributed by atoms with Crippen LogP contribution in [-0.4, -0.2) is 25.7 Å². The Morgan fingerprint density at radius 1 is 1.33 bits per heavy atom. The van der Waals surface area contributed by atoms with Crippen molar-refractivity contribution in [3.05, 3.63) is 29.8 Å². The van der Waals surface area contributed by atoms with Crippen molar-refractivity contribution >= 4 is 5.97 Å². The lowest BCUT2D eigenvalue weighted by molar-refractivity contribution is -0.144. The van der Waals surface area contributed by atoms with Crippen LogP contribution in [0.4, 0.5) is 0 Å². The maximum absolute atomic E-state index is 11.5. The van der Waals surface area contributed by atoms with Crippen molar-refractivity contribution in [3.63, 3.8) is 0 Å². The maximum Gasteiger partial charge on any atom is 0.320 e. The molecule has 0 heterocycles. The van der Waals surface area contributed by atoms with Crippen LogP contribution in [0.15, 0.2) is 24.3 Å². The van der Waals surface area contributed by atoms with Crippen LogP contribution in [-0.2, 0) is 16.1 Å². The Kier molecular flexibility index (Phi) is 6.22. The number of hydrogen-bond donors (Lipinski definition) is 1. The van der Waals surface area contributed by atoms with E-state index in [4.69, 9.17) is 9.47 Å². The fourth-order valence-electron chi connectivity index (χ4n) is 1.34. The van der Waals surface area contributed by atoms with Crippen LogP contribution in [0.5, 0.6) is 5.75 Å². The van der Waals surface area contributed by atoms with Gasteiger partial charge in [0.05, 0.1) is 13.7 Å². The number of carbonyl (C=O) groups is 1. The average molecular weight is 251 g/mol. The molecule has 1 rings (SSSR count). The number of hydrogen-bond acceptors (Lipinski definition) is 4. The van der Waals surface area contributed by atoms with Crippen molar-refractivity contribution in [2.75, 3.05) is 13.7 Å². The Balaban J connectivity index is 2.29. The number of rotatable bonds is 7. The second-order valence-corrected chi connectivity index (χ2v) is 4.20. The molecule has 1 N–H and O–H groups in total. The van der Waals surface area contributed by atoms with E-state index in [0.29, 0.717) is 12.6 Å². The summed E-state index contributed by atoms with van der Waals surface area (Å²) in [7, 11) is 1.62. The first-order valence-corrected chi connectivity index (χ1v) is 6.17. The molecule has 18 heavy (non-hydrogen) atoms. The summed E-state index contributed by atoms with van der Waals surface area (Å²) in [4.78, 5) is 11.5. The number of benzene rings is 1. The molecule has 0 aliphatic carbocycles. The van der Waals surface area contributed by atoms with Gasteiger partial charge in [-0.3, -0.25) is 4.79 Å². The van der Waals surface area contributed by atoms with E-state index < -0.39 is 0 Å². The summed E-state index contributed by atoms with van der Waals surface area (Å²) in [6.45, 7) is 4.66. The minimum Gasteiger partial charge on any atom is -0.497 e. The van der Waals surface area contributed by atoms with Gasteiger partial charge < -0.3 is 14.8 Å². The molecule has 0 saturated carbocycles. The molecule has 0 spiro atoms. The topological polar surface area (TPSA) is 47.6 Å². The van der Waals surface area contributed by atoms with E-state index in [0.717, 1.165) is 17.7 Å². The van der Waals surface area contributed by atoms with Crippen LogP contribution in [0.1, 0.15) is 25.8 Å². The average Bonchev–Trinajstić information content (AvgIpc) is 2.42. The molecular formula is C14H21NO3. The minimum atomic E-state index is -0.230. The summed E-state index contributed by atoms with van der Waals surface area (Å²) >= 11 is 0. The number of carbonyl (C=O) groups excluding carboxylic acids is 1. The molecule has 1 atom stereocenters. The highest BCUT2D eigenvalue weighted by Crippen LogP contribution is 2.11. The van der Waals surface area contributed by atoms with Crippen LogP contribution < -0.4 is 10.1 Å². The highest BCUT2D eigenvalue weighted by atomic mass is 16.5. The van der Waals surface area contributed by atoms with E-state index >= 15 is 0 Å². The molecule has 0 fully saturated rings. The lowest BCUT2D eigenvalue weighted by atomic mass is 10.2. The van der Waals surface area contributed by atoms with Gasteiger partial charge in [0, 0.05) is 6.04 Å². The van der Waals surface area contributed by atoms with Gasteiger partial charge in [0.25, 0.3) is 0 Å². The van der Waals surface area contributed by atoms with Crippen molar-refractivity contribution in [2.45, 2.75) is 32.9 Å². The number of nitrogens with one attached hydrogen (secondary N) is 1. The highest BCUT2D eigenvalue weighted by Gasteiger charge is 2.05. The molecule has 0 bridgehead atoms. The van der Waals surface area contributed by atoms with Crippen LogP contribution in [0, 0.1) is 0 Å².